The minimum absolute atomic E-state index is 0.156. The van der Waals surface area contributed by atoms with E-state index in [0.29, 0.717) is 17.9 Å². The van der Waals surface area contributed by atoms with Crippen LogP contribution in [0.25, 0.3) is 0 Å². The lowest BCUT2D eigenvalue weighted by Crippen LogP contribution is -2.15. The van der Waals surface area contributed by atoms with Crippen molar-refractivity contribution in [3.05, 3.63) is 63.7 Å². The van der Waals surface area contributed by atoms with Gasteiger partial charge in [0.25, 0.3) is 0 Å². The number of hydrogen-bond acceptors (Lipinski definition) is 5. The molecule has 2 aromatic carbocycles. The van der Waals surface area contributed by atoms with E-state index in [1.54, 1.807) is 13.0 Å². The fourth-order valence-electron chi connectivity index (χ4n) is 2.86. The molecule has 0 N–H and O–H groups in total. The highest BCUT2D eigenvalue weighted by Gasteiger charge is 2.29. The van der Waals surface area contributed by atoms with Crippen molar-refractivity contribution in [1.82, 2.24) is 0 Å². The third-order valence-electron chi connectivity index (χ3n) is 4.11. The number of benzene rings is 2. The lowest BCUT2D eigenvalue weighted by Gasteiger charge is -2.24. The van der Waals surface area contributed by atoms with Crippen LogP contribution in [-0.2, 0) is 11.3 Å². The van der Waals surface area contributed by atoms with Crippen LogP contribution in [0.15, 0.2) is 42.5 Å². The molecule has 0 saturated heterocycles. The summed E-state index contributed by atoms with van der Waals surface area (Å²) in [6.45, 7) is 4.00. The van der Waals surface area contributed by atoms with Crippen molar-refractivity contribution in [2.75, 3.05) is 14.2 Å². The Bertz CT molecular complexity index is 839. The molecule has 0 aliphatic rings. The van der Waals surface area contributed by atoms with Crippen LogP contribution in [0.5, 0.6) is 11.5 Å². The lowest BCUT2D eigenvalue weighted by molar-refractivity contribution is -0.385. The van der Waals surface area contributed by atoms with Gasteiger partial charge in [-0.1, -0.05) is 36.3 Å². The SMILES string of the molecule is CC#C[C@@H](C)[C@H](OCc1ccccc1)c1cc(OC)cc([N+](=O)[O-])c1OC. The van der Waals surface area contributed by atoms with Crippen LogP contribution in [0.2, 0.25) is 0 Å². The molecule has 142 valence electrons. The molecule has 0 radical (unpaired) electrons. The van der Waals surface area contributed by atoms with Gasteiger partial charge in [0.05, 0.1) is 31.8 Å². The molecule has 2 atom stereocenters. The van der Waals surface area contributed by atoms with E-state index in [0.717, 1.165) is 5.56 Å². The van der Waals surface area contributed by atoms with E-state index in [1.165, 1.54) is 20.3 Å². The first-order valence-corrected chi connectivity index (χ1v) is 8.49. The molecule has 0 spiro atoms. The van der Waals surface area contributed by atoms with Crippen LogP contribution in [0.1, 0.15) is 31.1 Å². The maximum Gasteiger partial charge on any atom is 0.315 e. The first-order chi connectivity index (χ1) is 13.0. The van der Waals surface area contributed by atoms with Crippen molar-refractivity contribution < 1.29 is 19.1 Å². The maximum atomic E-state index is 11.5. The highest BCUT2D eigenvalue weighted by atomic mass is 16.6. The second kappa shape index (κ2) is 9.60. The summed E-state index contributed by atoms with van der Waals surface area (Å²) in [7, 11) is 2.87. The Balaban J connectivity index is 2.51. The molecule has 2 aromatic rings. The Labute approximate surface area is 159 Å². The molecule has 2 rings (SSSR count). The maximum absolute atomic E-state index is 11.5. The molecule has 27 heavy (non-hydrogen) atoms. The number of nitro groups is 1. The zero-order valence-electron chi connectivity index (χ0n) is 15.9. The van der Waals surface area contributed by atoms with Crippen molar-refractivity contribution in [2.24, 2.45) is 5.92 Å². The topological polar surface area (TPSA) is 70.8 Å². The van der Waals surface area contributed by atoms with Gasteiger partial charge >= 0.3 is 5.69 Å². The Morgan fingerprint density at radius 1 is 1.15 bits per heavy atom. The van der Waals surface area contributed by atoms with Gasteiger partial charge in [-0.05, 0) is 25.5 Å². The van der Waals surface area contributed by atoms with Crippen molar-refractivity contribution in [2.45, 2.75) is 26.6 Å². The first-order valence-electron chi connectivity index (χ1n) is 8.49. The second-order valence-corrected chi connectivity index (χ2v) is 5.93. The van der Waals surface area contributed by atoms with Crippen LogP contribution in [0.3, 0.4) is 0 Å². The normalized spacial score (nSPS) is 12.4. The van der Waals surface area contributed by atoms with E-state index in [2.05, 4.69) is 11.8 Å². The van der Waals surface area contributed by atoms with Crippen LogP contribution >= 0.6 is 0 Å². The summed E-state index contributed by atoms with van der Waals surface area (Å²) >= 11 is 0. The quantitative estimate of drug-likeness (QED) is 0.388. The average Bonchev–Trinajstić information content (AvgIpc) is 2.68. The first kappa shape index (κ1) is 20.3. The van der Waals surface area contributed by atoms with Gasteiger partial charge in [0, 0.05) is 11.5 Å². The molecular weight excluding hydrogens is 346 g/mol. The minimum atomic E-state index is -0.526. The molecule has 0 unspecified atom stereocenters. The molecule has 0 aliphatic carbocycles. The van der Waals surface area contributed by atoms with Crippen molar-refractivity contribution in [3.63, 3.8) is 0 Å². The summed E-state index contributed by atoms with van der Waals surface area (Å²) in [5.41, 5.74) is 1.36. The standard InChI is InChI=1S/C21H23NO5/c1-5-9-15(2)20(27-14-16-10-7-6-8-11-16)18-12-17(25-3)13-19(22(23)24)21(18)26-4/h6-8,10-13,15,20H,14H2,1-4H3/t15-,20+/m1/s1. The summed E-state index contributed by atoms with van der Waals surface area (Å²) in [5, 5.41) is 11.5. The number of hydrogen-bond donors (Lipinski definition) is 0. The molecule has 0 amide bonds. The van der Waals surface area contributed by atoms with Gasteiger partial charge in [0.1, 0.15) is 11.9 Å². The predicted molar refractivity (Wildman–Crippen MR) is 103 cm³/mol. The van der Waals surface area contributed by atoms with Gasteiger partial charge in [-0.25, -0.2) is 0 Å². The third-order valence-corrected chi connectivity index (χ3v) is 4.11. The molecule has 6 heteroatoms. The predicted octanol–water partition coefficient (Wildman–Crippen LogP) is 4.53. The van der Waals surface area contributed by atoms with Gasteiger partial charge in [-0.15, -0.1) is 5.92 Å². The fourth-order valence-corrected chi connectivity index (χ4v) is 2.86. The highest BCUT2D eigenvalue weighted by molar-refractivity contribution is 5.57. The van der Waals surface area contributed by atoms with Gasteiger partial charge in [-0.3, -0.25) is 10.1 Å². The Morgan fingerprint density at radius 2 is 1.85 bits per heavy atom. The molecule has 0 aromatic heterocycles. The van der Waals surface area contributed by atoms with Gasteiger partial charge < -0.3 is 14.2 Å². The van der Waals surface area contributed by atoms with E-state index in [1.807, 2.05) is 37.3 Å². The van der Waals surface area contributed by atoms with E-state index < -0.39 is 11.0 Å². The lowest BCUT2D eigenvalue weighted by atomic mass is 9.95. The molecule has 6 nitrogen and oxygen atoms in total. The summed E-state index contributed by atoms with van der Waals surface area (Å²) in [6, 6.07) is 12.7. The summed E-state index contributed by atoms with van der Waals surface area (Å²) in [4.78, 5) is 11.0. The zero-order chi connectivity index (χ0) is 19.8. The monoisotopic (exact) mass is 369 g/mol. The summed E-state index contributed by atoms with van der Waals surface area (Å²) in [6.07, 6.45) is -0.526. The highest BCUT2D eigenvalue weighted by Crippen LogP contribution is 2.42. The van der Waals surface area contributed by atoms with Gasteiger partial charge in [0.2, 0.25) is 5.75 Å². The van der Waals surface area contributed by atoms with Gasteiger partial charge in [0.15, 0.2) is 0 Å². The van der Waals surface area contributed by atoms with Crippen molar-refractivity contribution in [1.29, 1.82) is 0 Å². The van der Waals surface area contributed by atoms with E-state index in [-0.39, 0.29) is 17.4 Å². The molecule has 0 bridgehead atoms. The van der Waals surface area contributed by atoms with E-state index in [4.69, 9.17) is 14.2 Å². The number of rotatable bonds is 8. The van der Waals surface area contributed by atoms with E-state index in [9.17, 15) is 10.1 Å². The Hall–Kier alpha value is -3.04. The van der Waals surface area contributed by atoms with Crippen molar-refractivity contribution in [3.8, 4) is 23.3 Å². The summed E-state index contributed by atoms with van der Waals surface area (Å²) in [5.74, 6) is 6.27. The molecular formula is C21H23NO5. The largest absolute Gasteiger partial charge is 0.496 e. The number of nitro benzene ring substituents is 1. The number of ether oxygens (including phenoxy) is 3. The third kappa shape index (κ3) is 4.99. The molecule has 0 saturated carbocycles. The molecule has 0 heterocycles. The molecule has 0 fully saturated rings. The minimum Gasteiger partial charge on any atom is -0.496 e. The van der Waals surface area contributed by atoms with Crippen molar-refractivity contribution >= 4 is 5.69 Å². The average molecular weight is 369 g/mol. The van der Waals surface area contributed by atoms with Gasteiger partial charge in [-0.2, -0.15) is 0 Å². The summed E-state index contributed by atoms with van der Waals surface area (Å²) < 4.78 is 16.8. The Morgan fingerprint density at radius 3 is 2.41 bits per heavy atom. The second-order valence-electron chi connectivity index (χ2n) is 5.93. The number of nitrogens with zero attached hydrogens (tertiary/aromatic N) is 1. The van der Waals surface area contributed by atoms with Crippen LogP contribution in [0.4, 0.5) is 5.69 Å². The van der Waals surface area contributed by atoms with Crippen LogP contribution in [0, 0.1) is 27.9 Å². The Kier molecular flexibility index (Phi) is 7.21. The van der Waals surface area contributed by atoms with E-state index >= 15 is 0 Å². The molecule has 0 aliphatic heterocycles. The smallest absolute Gasteiger partial charge is 0.315 e. The van der Waals surface area contributed by atoms with Crippen LogP contribution in [-0.4, -0.2) is 19.1 Å². The van der Waals surface area contributed by atoms with Crippen LogP contribution < -0.4 is 9.47 Å². The number of methoxy groups -OCH3 is 2. The zero-order valence-corrected chi connectivity index (χ0v) is 15.9. The fraction of sp³-hybridized carbons (Fsp3) is 0.333.